The molecule has 1 atom stereocenters. The zero-order chi connectivity index (χ0) is 22.6. The molecule has 0 saturated carbocycles. The van der Waals surface area contributed by atoms with Gasteiger partial charge in [0.15, 0.2) is 6.10 Å². The van der Waals surface area contributed by atoms with Crippen LogP contribution in [0.25, 0.3) is 0 Å². The summed E-state index contributed by atoms with van der Waals surface area (Å²) >= 11 is 0. The number of sulfonamides is 1. The van der Waals surface area contributed by atoms with Gasteiger partial charge in [0.1, 0.15) is 10.6 Å². The van der Waals surface area contributed by atoms with Gasteiger partial charge >= 0.3 is 11.7 Å². The lowest BCUT2D eigenvalue weighted by atomic mass is 10.2. The maximum absolute atomic E-state index is 13.4. The van der Waals surface area contributed by atoms with Crippen molar-refractivity contribution in [3.63, 3.8) is 0 Å². The Morgan fingerprint density at radius 1 is 1.23 bits per heavy atom. The largest absolute Gasteiger partial charge is 0.495 e. The Hall–Kier alpha value is -3.58. The fraction of sp³-hybridized carbons (Fsp3) is 0.176. The minimum Gasteiger partial charge on any atom is -0.495 e. The predicted molar refractivity (Wildman–Crippen MR) is 101 cm³/mol. The first kappa shape index (κ1) is 22.7. The van der Waals surface area contributed by atoms with Crippen LogP contribution in [0.4, 0.5) is 15.8 Å². The summed E-state index contributed by atoms with van der Waals surface area (Å²) in [5, 5.41) is 18.1. The number of amides is 1. The van der Waals surface area contributed by atoms with E-state index < -0.39 is 49.3 Å². The third-order valence-corrected chi connectivity index (χ3v) is 4.70. The molecule has 2 rings (SSSR count). The van der Waals surface area contributed by atoms with Gasteiger partial charge in [-0.3, -0.25) is 14.9 Å². The highest BCUT2D eigenvalue weighted by atomic mass is 32.2. The Morgan fingerprint density at radius 2 is 1.90 bits per heavy atom. The van der Waals surface area contributed by atoms with Gasteiger partial charge in [-0.05, 0) is 37.3 Å². The number of carbonyl (C=O) groups excluding carboxylic acids is 2. The van der Waals surface area contributed by atoms with Gasteiger partial charge < -0.3 is 14.8 Å². The molecular weight excluding hydrogens is 425 g/mol. The van der Waals surface area contributed by atoms with Gasteiger partial charge in [-0.1, -0.05) is 0 Å². The summed E-state index contributed by atoms with van der Waals surface area (Å²) in [4.78, 5) is 33.8. The average molecular weight is 441 g/mol. The number of methoxy groups -OCH3 is 1. The maximum atomic E-state index is 13.4. The summed E-state index contributed by atoms with van der Waals surface area (Å²) < 4.78 is 46.5. The number of benzene rings is 2. The van der Waals surface area contributed by atoms with Crippen LogP contribution in [0.1, 0.15) is 17.3 Å². The molecule has 1 unspecified atom stereocenters. The fourth-order valence-corrected chi connectivity index (χ4v) is 3.01. The second-order valence-corrected chi connectivity index (χ2v) is 7.40. The number of esters is 1. The molecule has 0 saturated heterocycles. The van der Waals surface area contributed by atoms with E-state index in [2.05, 4.69) is 5.32 Å². The molecule has 1 amide bonds. The number of carbonyl (C=O) groups is 2. The minimum atomic E-state index is -4.20. The second kappa shape index (κ2) is 8.84. The van der Waals surface area contributed by atoms with E-state index in [0.717, 1.165) is 24.3 Å². The van der Waals surface area contributed by atoms with Gasteiger partial charge in [0.25, 0.3) is 5.91 Å². The molecule has 3 N–H and O–H groups in total. The first-order chi connectivity index (χ1) is 13.9. The molecule has 2 aromatic rings. The molecule has 0 aromatic heterocycles. The molecule has 11 nitrogen and oxygen atoms in total. The lowest BCUT2D eigenvalue weighted by Crippen LogP contribution is -2.30. The van der Waals surface area contributed by atoms with Crippen LogP contribution < -0.4 is 15.2 Å². The molecule has 0 radical (unpaired) electrons. The van der Waals surface area contributed by atoms with Crippen molar-refractivity contribution in [1.29, 1.82) is 0 Å². The molecule has 0 aliphatic heterocycles. The van der Waals surface area contributed by atoms with Gasteiger partial charge in [-0.15, -0.1) is 0 Å². The number of anilines is 1. The molecule has 0 spiro atoms. The number of hydrogen-bond donors (Lipinski definition) is 2. The summed E-state index contributed by atoms with van der Waals surface area (Å²) in [6, 6.07) is 6.05. The third-order valence-electron chi connectivity index (χ3n) is 3.77. The highest BCUT2D eigenvalue weighted by Crippen LogP contribution is 2.25. The van der Waals surface area contributed by atoms with Gasteiger partial charge in [0.2, 0.25) is 15.8 Å². The molecular formula is C17H16FN3O8S. The standard InChI is InChI=1S/C17H16FN3O8S/c1-9(16(22)20-11-4-5-12(18)13(8-11)21(24)25)29-17(23)10-3-6-14(28-2)15(7-10)30(19,26)27/h3-9H,1-2H3,(H,20,22)(H2,19,26,27). The SMILES string of the molecule is COc1ccc(C(=O)OC(C)C(=O)Nc2ccc(F)c([N+](=O)[O-])c2)cc1S(N)(=O)=O. The van der Waals surface area contributed by atoms with Crippen LogP contribution in [-0.4, -0.2) is 38.4 Å². The Morgan fingerprint density at radius 3 is 2.47 bits per heavy atom. The van der Waals surface area contributed by atoms with Crippen LogP contribution in [0.15, 0.2) is 41.3 Å². The number of nitrogens with two attached hydrogens (primary N) is 1. The Balaban J connectivity index is 2.15. The van der Waals surface area contributed by atoms with Crippen molar-refractivity contribution in [3.05, 3.63) is 57.9 Å². The molecule has 13 heteroatoms. The molecule has 30 heavy (non-hydrogen) atoms. The molecule has 0 aliphatic carbocycles. The number of hydrogen-bond acceptors (Lipinski definition) is 8. The Bertz CT molecular complexity index is 1120. The van der Waals surface area contributed by atoms with Crippen molar-refractivity contribution in [3.8, 4) is 5.75 Å². The van der Waals surface area contributed by atoms with E-state index >= 15 is 0 Å². The summed E-state index contributed by atoms with van der Waals surface area (Å²) in [7, 11) is -2.98. The number of primary sulfonamides is 1. The number of nitrogens with one attached hydrogen (secondary N) is 1. The van der Waals surface area contributed by atoms with Crippen molar-refractivity contribution in [1.82, 2.24) is 0 Å². The highest BCUT2D eigenvalue weighted by molar-refractivity contribution is 7.89. The van der Waals surface area contributed by atoms with Crippen LogP contribution in [0.3, 0.4) is 0 Å². The van der Waals surface area contributed by atoms with E-state index in [1.165, 1.54) is 26.2 Å². The molecule has 0 fully saturated rings. The predicted octanol–water partition coefficient (Wildman–Crippen LogP) is 1.57. The Kier molecular flexibility index (Phi) is 6.69. The molecule has 2 aromatic carbocycles. The van der Waals surface area contributed by atoms with Gasteiger partial charge in [0.05, 0.1) is 17.6 Å². The van der Waals surface area contributed by atoms with E-state index in [1.54, 1.807) is 0 Å². The Labute approximate surface area is 169 Å². The lowest BCUT2D eigenvalue weighted by molar-refractivity contribution is -0.387. The maximum Gasteiger partial charge on any atom is 0.338 e. The van der Waals surface area contributed by atoms with Crippen LogP contribution in [-0.2, 0) is 19.6 Å². The van der Waals surface area contributed by atoms with Crippen molar-refractivity contribution in [2.24, 2.45) is 5.14 Å². The van der Waals surface area contributed by atoms with Crippen LogP contribution in [0.2, 0.25) is 0 Å². The molecule has 0 bridgehead atoms. The molecule has 0 aliphatic rings. The average Bonchev–Trinajstić information content (AvgIpc) is 2.67. The van der Waals surface area contributed by atoms with Crippen molar-refractivity contribution in [2.75, 3.05) is 12.4 Å². The number of nitrogens with zero attached hydrogens (tertiary/aromatic N) is 1. The highest BCUT2D eigenvalue weighted by Gasteiger charge is 2.23. The summed E-state index contributed by atoms with van der Waals surface area (Å²) in [6.07, 6.45) is -1.37. The zero-order valence-electron chi connectivity index (χ0n) is 15.6. The normalized spacial score (nSPS) is 12.0. The second-order valence-electron chi connectivity index (χ2n) is 5.87. The number of ether oxygens (including phenoxy) is 2. The summed E-state index contributed by atoms with van der Waals surface area (Å²) in [5.41, 5.74) is -1.14. The van der Waals surface area contributed by atoms with E-state index in [-0.39, 0.29) is 17.0 Å². The topological polar surface area (TPSA) is 168 Å². The number of rotatable bonds is 7. The summed E-state index contributed by atoms with van der Waals surface area (Å²) in [6.45, 7) is 1.22. The fourth-order valence-electron chi connectivity index (χ4n) is 2.28. The van der Waals surface area contributed by atoms with E-state index in [4.69, 9.17) is 14.6 Å². The number of halogens is 1. The van der Waals surface area contributed by atoms with E-state index in [9.17, 15) is 32.5 Å². The third kappa shape index (κ3) is 5.27. The van der Waals surface area contributed by atoms with Crippen LogP contribution in [0, 0.1) is 15.9 Å². The quantitative estimate of drug-likeness (QED) is 0.371. The van der Waals surface area contributed by atoms with Crippen LogP contribution >= 0.6 is 0 Å². The summed E-state index contributed by atoms with van der Waals surface area (Å²) in [5.74, 6) is -3.06. The lowest BCUT2D eigenvalue weighted by Gasteiger charge is -2.14. The van der Waals surface area contributed by atoms with Gasteiger partial charge in [-0.2, -0.15) is 4.39 Å². The first-order valence-electron chi connectivity index (χ1n) is 8.10. The minimum absolute atomic E-state index is 0.0854. The monoisotopic (exact) mass is 441 g/mol. The van der Waals surface area contributed by atoms with Crippen molar-refractivity contribution >= 4 is 33.3 Å². The van der Waals surface area contributed by atoms with Gasteiger partial charge in [0, 0.05) is 11.8 Å². The van der Waals surface area contributed by atoms with E-state index in [0.29, 0.717) is 0 Å². The molecule has 160 valence electrons. The first-order valence-corrected chi connectivity index (χ1v) is 9.65. The number of nitro groups is 1. The zero-order valence-corrected chi connectivity index (χ0v) is 16.4. The number of nitro benzene ring substituents is 1. The van der Waals surface area contributed by atoms with Gasteiger partial charge in [-0.25, -0.2) is 18.4 Å². The smallest absolute Gasteiger partial charge is 0.338 e. The van der Waals surface area contributed by atoms with E-state index in [1.807, 2.05) is 0 Å². The van der Waals surface area contributed by atoms with Crippen molar-refractivity contribution < 1.29 is 36.8 Å². The molecule has 0 heterocycles. The van der Waals surface area contributed by atoms with Crippen molar-refractivity contribution in [2.45, 2.75) is 17.9 Å². The van der Waals surface area contributed by atoms with Crippen LogP contribution in [0.5, 0.6) is 5.75 Å².